The number of carbonyl (C=O) groups is 2. The van der Waals surface area contributed by atoms with E-state index < -0.39 is 16.6 Å². The minimum absolute atomic E-state index is 0.0274. The number of amides is 1. The Kier molecular flexibility index (Phi) is 4.20. The van der Waals surface area contributed by atoms with E-state index in [0.29, 0.717) is 16.6 Å². The maximum atomic E-state index is 13.8. The normalized spacial score (nSPS) is 18.4. The average molecular weight is 347 g/mol. The molecule has 0 saturated carbocycles. The molecule has 2 rings (SSSR count). The van der Waals surface area contributed by atoms with Crippen molar-refractivity contribution in [2.24, 2.45) is 4.99 Å². The van der Waals surface area contributed by atoms with E-state index in [4.69, 9.17) is 5.11 Å². The van der Waals surface area contributed by atoms with E-state index in [9.17, 15) is 14.0 Å². The third-order valence-corrected chi connectivity index (χ3v) is 4.05. The number of carbonyl (C=O) groups excluding carboxylic acids is 1. The number of benzene rings is 1. The lowest BCUT2D eigenvalue weighted by molar-refractivity contribution is -0.136. The summed E-state index contributed by atoms with van der Waals surface area (Å²) >= 11 is 4.12. The molecular formula is C11H8BrFN2O3S. The highest BCUT2D eigenvalue weighted by Crippen LogP contribution is 2.28. The second kappa shape index (κ2) is 5.70. The highest BCUT2D eigenvalue weighted by molar-refractivity contribution is 9.09. The molecule has 2 N–H and O–H groups in total. The van der Waals surface area contributed by atoms with Crippen molar-refractivity contribution in [1.29, 1.82) is 0 Å². The number of carboxylic acid groups (broad SMARTS) is 1. The van der Waals surface area contributed by atoms with Crippen LogP contribution in [0, 0.1) is 5.82 Å². The summed E-state index contributed by atoms with van der Waals surface area (Å²) in [5.41, 5.74) is 0.343. The molecule has 0 bridgehead atoms. The number of hydrogen-bond acceptors (Lipinski definition) is 4. The van der Waals surface area contributed by atoms with Crippen molar-refractivity contribution < 1.29 is 19.1 Å². The van der Waals surface area contributed by atoms with Crippen LogP contribution in [-0.4, -0.2) is 27.9 Å². The van der Waals surface area contributed by atoms with E-state index in [1.807, 2.05) is 0 Å². The molecule has 19 heavy (non-hydrogen) atoms. The van der Waals surface area contributed by atoms with Crippen LogP contribution in [-0.2, 0) is 9.59 Å². The molecular weight excluding hydrogens is 339 g/mol. The first-order valence-electron chi connectivity index (χ1n) is 5.15. The molecule has 0 spiro atoms. The van der Waals surface area contributed by atoms with Gasteiger partial charge in [-0.1, -0.05) is 33.8 Å². The quantitative estimate of drug-likeness (QED) is 0.822. The largest absolute Gasteiger partial charge is 0.480 e. The van der Waals surface area contributed by atoms with Crippen molar-refractivity contribution in [2.75, 3.05) is 5.75 Å². The summed E-state index contributed by atoms with van der Waals surface area (Å²) in [6.45, 7) is 0. The van der Waals surface area contributed by atoms with Gasteiger partial charge in [-0.25, -0.2) is 9.38 Å². The van der Waals surface area contributed by atoms with Crippen molar-refractivity contribution in [1.82, 2.24) is 5.32 Å². The Morgan fingerprint density at radius 1 is 1.58 bits per heavy atom. The Morgan fingerprint density at radius 2 is 2.32 bits per heavy atom. The van der Waals surface area contributed by atoms with Crippen LogP contribution in [0.15, 0.2) is 23.2 Å². The van der Waals surface area contributed by atoms with Crippen molar-refractivity contribution >= 4 is 50.4 Å². The van der Waals surface area contributed by atoms with E-state index in [1.54, 1.807) is 0 Å². The number of alkyl halides is 1. The predicted octanol–water partition coefficient (Wildman–Crippen LogP) is 2.20. The molecule has 1 aromatic rings. The first kappa shape index (κ1) is 14.0. The molecule has 1 aliphatic heterocycles. The molecule has 1 atom stereocenters. The molecule has 1 amide bonds. The molecule has 1 unspecified atom stereocenters. The van der Waals surface area contributed by atoms with Crippen molar-refractivity contribution in [3.8, 4) is 0 Å². The number of aliphatic carboxylic acids is 1. The maximum absolute atomic E-state index is 13.8. The van der Waals surface area contributed by atoms with Crippen LogP contribution >= 0.6 is 27.7 Å². The van der Waals surface area contributed by atoms with Crippen LogP contribution in [0.1, 0.15) is 10.4 Å². The molecule has 1 aromatic carbocycles. The Labute approximate surface area is 120 Å². The van der Waals surface area contributed by atoms with Crippen molar-refractivity contribution in [2.45, 2.75) is 4.83 Å². The van der Waals surface area contributed by atoms with E-state index >= 15 is 0 Å². The van der Waals surface area contributed by atoms with E-state index in [1.165, 1.54) is 23.9 Å². The lowest BCUT2D eigenvalue weighted by Gasteiger charge is -2.07. The molecule has 0 aromatic heterocycles. The molecule has 0 aliphatic carbocycles. The highest BCUT2D eigenvalue weighted by atomic mass is 79.9. The zero-order chi connectivity index (χ0) is 14.0. The van der Waals surface area contributed by atoms with E-state index in [2.05, 4.69) is 26.2 Å². The SMILES string of the molecule is O=C1CSC(=Nc2ccc(C(Br)C(=O)O)c(F)c2)N1. The summed E-state index contributed by atoms with van der Waals surface area (Å²) in [6, 6.07) is 3.97. The van der Waals surface area contributed by atoms with Gasteiger partial charge in [-0.15, -0.1) is 0 Å². The Hall–Kier alpha value is -1.41. The summed E-state index contributed by atoms with van der Waals surface area (Å²) in [5.74, 6) is -1.69. The fourth-order valence-corrected chi connectivity index (χ4v) is 2.49. The molecule has 100 valence electrons. The van der Waals surface area contributed by atoms with E-state index in [0.717, 1.165) is 6.07 Å². The van der Waals surface area contributed by atoms with Crippen LogP contribution in [0.2, 0.25) is 0 Å². The van der Waals surface area contributed by atoms with Gasteiger partial charge in [-0.3, -0.25) is 9.59 Å². The van der Waals surface area contributed by atoms with Crippen LogP contribution < -0.4 is 5.32 Å². The number of nitrogens with zero attached hydrogens (tertiary/aromatic N) is 1. The van der Waals surface area contributed by atoms with Crippen LogP contribution in [0.25, 0.3) is 0 Å². The summed E-state index contributed by atoms with van der Waals surface area (Å²) in [7, 11) is 0. The average Bonchev–Trinajstić information content (AvgIpc) is 2.74. The molecule has 0 radical (unpaired) electrons. The number of thioether (sulfide) groups is 1. The zero-order valence-corrected chi connectivity index (χ0v) is 11.8. The zero-order valence-electron chi connectivity index (χ0n) is 9.39. The summed E-state index contributed by atoms with van der Waals surface area (Å²) in [4.78, 5) is 24.7. The number of rotatable bonds is 3. The van der Waals surface area contributed by atoms with Gasteiger partial charge in [0.25, 0.3) is 0 Å². The number of carboxylic acids is 1. The van der Waals surface area contributed by atoms with Crippen molar-refractivity contribution in [3.63, 3.8) is 0 Å². The number of hydrogen-bond donors (Lipinski definition) is 2. The van der Waals surface area contributed by atoms with Gasteiger partial charge >= 0.3 is 5.97 Å². The summed E-state index contributed by atoms with van der Waals surface area (Å²) < 4.78 is 13.8. The van der Waals surface area contributed by atoms with Gasteiger partial charge in [-0.2, -0.15) is 0 Å². The lowest BCUT2D eigenvalue weighted by Crippen LogP contribution is -2.19. The lowest BCUT2D eigenvalue weighted by atomic mass is 10.1. The number of amidine groups is 1. The first-order valence-corrected chi connectivity index (χ1v) is 7.05. The Morgan fingerprint density at radius 3 is 2.84 bits per heavy atom. The standard InChI is InChI=1S/C11H8BrFN2O3S/c12-9(10(17)18)6-2-1-5(3-7(6)13)14-11-15-8(16)4-19-11/h1-3,9H,4H2,(H,17,18)(H,14,15,16). The third-order valence-electron chi connectivity index (χ3n) is 2.29. The summed E-state index contributed by atoms with van der Waals surface area (Å²) in [6.07, 6.45) is 0. The minimum Gasteiger partial charge on any atom is -0.480 e. The van der Waals surface area contributed by atoms with Crippen LogP contribution in [0.5, 0.6) is 0 Å². The molecule has 1 fully saturated rings. The van der Waals surface area contributed by atoms with E-state index in [-0.39, 0.29) is 11.5 Å². The number of halogens is 2. The fraction of sp³-hybridized carbons (Fsp3) is 0.182. The molecule has 1 aliphatic rings. The van der Waals surface area contributed by atoms with Gasteiger partial charge in [0.15, 0.2) is 5.17 Å². The second-order valence-electron chi connectivity index (χ2n) is 3.66. The van der Waals surface area contributed by atoms with Crippen molar-refractivity contribution in [3.05, 3.63) is 29.6 Å². The molecule has 1 heterocycles. The summed E-state index contributed by atoms with van der Waals surface area (Å²) in [5, 5.41) is 11.7. The molecule has 1 saturated heterocycles. The second-order valence-corrected chi connectivity index (χ2v) is 5.54. The van der Waals surface area contributed by atoms with Gasteiger partial charge < -0.3 is 10.4 Å². The van der Waals surface area contributed by atoms with Crippen LogP contribution in [0.3, 0.4) is 0 Å². The molecule has 5 nitrogen and oxygen atoms in total. The van der Waals surface area contributed by atoms with Crippen LogP contribution in [0.4, 0.5) is 10.1 Å². The third kappa shape index (κ3) is 3.32. The van der Waals surface area contributed by atoms with Gasteiger partial charge in [-0.05, 0) is 12.1 Å². The Balaban J connectivity index is 2.24. The number of nitrogens with one attached hydrogen (secondary N) is 1. The Bertz CT molecular complexity index is 579. The topological polar surface area (TPSA) is 78.8 Å². The fourth-order valence-electron chi connectivity index (χ4n) is 1.43. The van der Waals surface area contributed by atoms with Gasteiger partial charge in [0.1, 0.15) is 10.6 Å². The predicted molar refractivity (Wildman–Crippen MR) is 73.4 cm³/mol. The first-order chi connectivity index (χ1) is 8.97. The minimum atomic E-state index is -1.17. The monoisotopic (exact) mass is 346 g/mol. The van der Waals surface area contributed by atoms with Gasteiger partial charge in [0.2, 0.25) is 5.91 Å². The smallest absolute Gasteiger partial charge is 0.321 e. The van der Waals surface area contributed by atoms with Gasteiger partial charge in [0, 0.05) is 5.56 Å². The highest BCUT2D eigenvalue weighted by Gasteiger charge is 2.20. The van der Waals surface area contributed by atoms with Gasteiger partial charge in [0.05, 0.1) is 11.4 Å². The number of aliphatic imine (C=N–C) groups is 1. The molecule has 8 heteroatoms. The maximum Gasteiger partial charge on any atom is 0.321 e.